The first-order chi connectivity index (χ1) is 15.0. The number of nitro benzene ring substituents is 1. The Hall–Kier alpha value is -3.00. The maximum atomic E-state index is 11.2. The fourth-order valence-electron chi connectivity index (χ4n) is 3.09. The molecule has 6 nitrogen and oxygen atoms in total. The van der Waals surface area contributed by atoms with Crippen molar-refractivity contribution in [2.45, 2.75) is 13.0 Å². The minimum Gasteiger partial charge on any atom is -0.316 e. The van der Waals surface area contributed by atoms with Crippen molar-refractivity contribution in [3.05, 3.63) is 103 Å². The number of aryl methyl sites for hydroxylation is 1. The monoisotopic (exact) mass is 470 g/mol. The van der Waals surface area contributed by atoms with Crippen molar-refractivity contribution < 1.29 is 4.92 Å². The molecule has 0 bridgehead atoms. The normalized spacial score (nSPS) is 11.6. The highest BCUT2D eigenvalue weighted by atomic mass is 35.5. The number of benzene rings is 2. The maximum absolute atomic E-state index is 11.2. The summed E-state index contributed by atoms with van der Waals surface area (Å²) in [5.41, 5.74) is 3.18. The third-order valence-corrected chi connectivity index (χ3v) is 6.00. The second-order valence-electron chi connectivity index (χ2n) is 6.64. The first-order valence-electron chi connectivity index (χ1n) is 9.34. The summed E-state index contributed by atoms with van der Waals surface area (Å²) in [7, 11) is 0. The van der Waals surface area contributed by atoms with Gasteiger partial charge in [0.2, 0.25) is 0 Å². The lowest BCUT2D eigenvalue weighted by Gasteiger charge is -2.09. The van der Waals surface area contributed by atoms with Gasteiger partial charge in [-0.15, -0.1) is 11.3 Å². The smallest absolute Gasteiger partial charge is 0.270 e. The quantitative estimate of drug-likeness (QED) is 0.245. The highest BCUT2D eigenvalue weighted by Gasteiger charge is 2.13. The lowest BCUT2D eigenvalue weighted by Crippen LogP contribution is -2.17. The van der Waals surface area contributed by atoms with Crippen LogP contribution in [0.2, 0.25) is 10.0 Å². The molecule has 4 aromatic rings. The van der Waals surface area contributed by atoms with Crippen LogP contribution in [0, 0.1) is 10.1 Å². The Labute approximate surface area is 192 Å². The highest BCUT2D eigenvalue weighted by molar-refractivity contribution is 7.07. The molecule has 0 aliphatic heterocycles. The van der Waals surface area contributed by atoms with Crippen LogP contribution in [-0.2, 0) is 13.0 Å². The predicted octanol–water partition coefficient (Wildman–Crippen LogP) is 6.30. The second-order valence-corrected chi connectivity index (χ2v) is 8.32. The molecular formula is C22H16Cl2N4O2S. The van der Waals surface area contributed by atoms with E-state index in [4.69, 9.17) is 28.2 Å². The van der Waals surface area contributed by atoms with Crippen molar-refractivity contribution in [2.24, 2.45) is 4.99 Å². The summed E-state index contributed by atoms with van der Waals surface area (Å²) in [5.74, 6) is 0. The molecule has 0 spiro atoms. The molecule has 0 fully saturated rings. The summed E-state index contributed by atoms with van der Waals surface area (Å²) in [5, 5.41) is 14.2. The van der Waals surface area contributed by atoms with Gasteiger partial charge < -0.3 is 4.57 Å². The third-order valence-electron chi connectivity index (χ3n) is 4.59. The van der Waals surface area contributed by atoms with Crippen LogP contribution >= 0.6 is 34.5 Å². The summed E-state index contributed by atoms with van der Waals surface area (Å²) in [6, 6.07) is 17.5. The number of nitro groups is 1. The molecule has 9 heteroatoms. The van der Waals surface area contributed by atoms with Crippen LogP contribution in [0.4, 0.5) is 11.4 Å². The van der Waals surface area contributed by atoms with E-state index in [1.807, 2.05) is 34.2 Å². The van der Waals surface area contributed by atoms with Gasteiger partial charge in [0, 0.05) is 53.0 Å². The average molecular weight is 471 g/mol. The fourth-order valence-corrected chi connectivity index (χ4v) is 4.49. The van der Waals surface area contributed by atoms with Gasteiger partial charge in [-0.2, -0.15) is 0 Å². The van der Waals surface area contributed by atoms with E-state index < -0.39 is 4.92 Å². The Bertz CT molecular complexity index is 1300. The molecule has 0 unspecified atom stereocenters. The molecule has 2 heterocycles. The summed E-state index contributed by atoms with van der Waals surface area (Å²) < 4.78 is 2.03. The lowest BCUT2D eigenvalue weighted by molar-refractivity contribution is -0.384. The molecule has 0 saturated heterocycles. The molecule has 2 aromatic carbocycles. The van der Waals surface area contributed by atoms with Crippen LogP contribution in [0.15, 0.2) is 77.2 Å². The van der Waals surface area contributed by atoms with E-state index in [0.29, 0.717) is 28.7 Å². The second kappa shape index (κ2) is 9.43. The average Bonchev–Trinajstić information content (AvgIpc) is 3.17. The first-order valence-corrected chi connectivity index (χ1v) is 11.0. The zero-order chi connectivity index (χ0) is 21.8. The van der Waals surface area contributed by atoms with Crippen LogP contribution in [0.5, 0.6) is 0 Å². The van der Waals surface area contributed by atoms with Crippen molar-refractivity contribution in [2.75, 3.05) is 0 Å². The highest BCUT2D eigenvalue weighted by Crippen LogP contribution is 2.29. The SMILES string of the molecule is O=[N+]([O-])c1cccc(-c2csc(=Nc3ccc(Cl)cc3Cl)n2CCc2ccccn2)c1. The molecule has 0 radical (unpaired) electrons. The van der Waals surface area contributed by atoms with Gasteiger partial charge in [-0.1, -0.05) is 41.4 Å². The van der Waals surface area contributed by atoms with Crippen molar-refractivity contribution >= 4 is 45.9 Å². The largest absolute Gasteiger partial charge is 0.316 e. The van der Waals surface area contributed by atoms with Gasteiger partial charge in [0.15, 0.2) is 4.80 Å². The number of nitrogens with zero attached hydrogens (tertiary/aromatic N) is 4. The molecule has 4 rings (SSSR count). The molecule has 0 atom stereocenters. The van der Waals surface area contributed by atoms with Crippen molar-refractivity contribution in [3.63, 3.8) is 0 Å². The van der Waals surface area contributed by atoms with Gasteiger partial charge in [0.1, 0.15) is 0 Å². The number of aromatic nitrogens is 2. The van der Waals surface area contributed by atoms with Gasteiger partial charge in [-0.05, 0) is 30.3 Å². The topological polar surface area (TPSA) is 73.3 Å². The van der Waals surface area contributed by atoms with Crippen LogP contribution in [0.25, 0.3) is 11.3 Å². The van der Waals surface area contributed by atoms with Crippen LogP contribution in [-0.4, -0.2) is 14.5 Å². The zero-order valence-corrected chi connectivity index (χ0v) is 18.4. The van der Waals surface area contributed by atoms with Crippen molar-refractivity contribution in [3.8, 4) is 11.3 Å². The van der Waals surface area contributed by atoms with E-state index >= 15 is 0 Å². The number of halogens is 2. The van der Waals surface area contributed by atoms with E-state index in [-0.39, 0.29) is 5.69 Å². The number of non-ortho nitro benzene ring substituents is 1. The molecule has 0 aliphatic rings. The third kappa shape index (κ3) is 5.02. The number of rotatable bonds is 6. The molecule has 0 aliphatic carbocycles. The minimum atomic E-state index is -0.396. The first kappa shape index (κ1) is 21.2. The van der Waals surface area contributed by atoms with Gasteiger partial charge in [-0.25, -0.2) is 4.99 Å². The standard InChI is InChI=1S/C22H16Cl2N4O2S/c23-16-7-8-20(19(24)13-16)26-22-27(11-9-17-5-1-2-10-25-17)21(14-31-22)15-4-3-6-18(12-15)28(29)30/h1-8,10,12-14H,9,11H2. The lowest BCUT2D eigenvalue weighted by atomic mass is 10.1. The Morgan fingerprint density at radius 1 is 1.10 bits per heavy atom. The summed E-state index contributed by atoms with van der Waals surface area (Å²) >= 11 is 13.8. The molecule has 31 heavy (non-hydrogen) atoms. The molecular weight excluding hydrogens is 455 g/mol. The summed E-state index contributed by atoms with van der Waals surface area (Å²) in [4.78, 5) is 20.7. The zero-order valence-electron chi connectivity index (χ0n) is 16.1. The number of hydrogen-bond donors (Lipinski definition) is 0. The Balaban J connectivity index is 1.81. The fraction of sp³-hybridized carbons (Fsp3) is 0.0909. The number of pyridine rings is 1. The van der Waals surface area contributed by atoms with Crippen LogP contribution in [0.1, 0.15) is 5.69 Å². The Morgan fingerprint density at radius 3 is 2.71 bits per heavy atom. The summed E-state index contributed by atoms with van der Waals surface area (Å²) in [6.07, 6.45) is 2.44. The van der Waals surface area contributed by atoms with E-state index in [1.165, 1.54) is 17.4 Å². The van der Waals surface area contributed by atoms with Crippen molar-refractivity contribution in [1.29, 1.82) is 0 Å². The molecule has 0 amide bonds. The van der Waals surface area contributed by atoms with E-state index in [9.17, 15) is 10.1 Å². The van der Waals surface area contributed by atoms with Gasteiger partial charge in [-0.3, -0.25) is 15.1 Å². The van der Waals surface area contributed by atoms with Gasteiger partial charge in [0.25, 0.3) is 5.69 Å². The predicted molar refractivity (Wildman–Crippen MR) is 124 cm³/mol. The van der Waals surface area contributed by atoms with E-state index in [1.54, 1.807) is 36.5 Å². The number of hydrogen-bond acceptors (Lipinski definition) is 5. The van der Waals surface area contributed by atoms with Crippen LogP contribution in [0.3, 0.4) is 0 Å². The Kier molecular flexibility index (Phi) is 6.46. The van der Waals surface area contributed by atoms with Crippen LogP contribution < -0.4 is 4.80 Å². The Morgan fingerprint density at radius 2 is 1.97 bits per heavy atom. The van der Waals surface area contributed by atoms with E-state index in [0.717, 1.165) is 21.8 Å². The minimum absolute atomic E-state index is 0.0409. The molecule has 156 valence electrons. The van der Waals surface area contributed by atoms with Crippen molar-refractivity contribution in [1.82, 2.24) is 9.55 Å². The molecule has 0 N–H and O–H groups in total. The molecule has 2 aromatic heterocycles. The van der Waals surface area contributed by atoms with E-state index in [2.05, 4.69) is 4.98 Å². The summed E-state index contributed by atoms with van der Waals surface area (Å²) in [6.45, 7) is 0.600. The van der Waals surface area contributed by atoms with Gasteiger partial charge in [0.05, 0.1) is 21.3 Å². The number of thiazole rings is 1. The maximum Gasteiger partial charge on any atom is 0.270 e. The molecule has 0 saturated carbocycles. The van der Waals surface area contributed by atoms with Gasteiger partial charge >= 0.3 is 0 Å².